The number of anilines is 1. The number of nitrogens with one attached hydrogen (secondary N) is 1. The molecule has 0 saturated carbocycles. The Kier molecular flexibility index (Phi) is 23.9. The van der Waals surface area contributed by atoms with Gasteiger partial charge >= 0.3 is 23.2 Å². The van der Waals surface area contributed by atoms with Crippen molar-refractivity contribution in [1.29, 1.82) is 0 Å². The minimum absolute atomic E-state index is 0. The van der Waals surface area contributed by atoms with Crippen LogP contribution in [-0.2, 0) is 23.2 Å². The van der Waals surface area contributed by atoms with Gasteiger partial charge in [-0.1, -0.05) is 36.4 Å². The number of nitrogens with zero attached hydrogens (tertiary/aromatic N) is 1. The SMILES string of the molecule is Cl.Cl.Cl.Cl.O=[N+](Nc1ccccc1)c1ccccc1.[O]=[W]. The molecular weight excluding hydrogens is 530 g/mol. The summed E-state index contributed by atoms with van der Waals surface area (Å²) in [7, 11) is 0. The molecule has 0 aliphatic rings. The second kappa shape index (κ2) is 17.5. The average molecular weight is 545 g/mol. The van der Waals surface area contributed by atoms with Crippen LogP contribution in [0.1, 0.15) is 0 Å². The van der Waals surface area contributed by atoms with Crippen LogP contribution in [0, 0.1) is 4.91 Å². The first-order valence-electron chi connectivity index (χ1n) is 4.87. The summed E-state index contributed by atoms with van der Waals surface area (Å²) in [4.78, 5) is 12.4. The maximum atomic E-state index is 11.6. The minimum atomic E-state index is 0. The van der Waals surface area contributed by atoms with E-state index in [2.05, 4.69) is 5.43 Å². The van der Waals surface area contributed by atoms with E-state index in [0.29, 0.717) is 25.5 Å². The molecule has 0 atom stereocenters. The Bertz CT molecular complexity index is 477. The van der Waals surface area contributed by atoms with Crippen LogP contribution < -0.4 is 5.43 Å². The van der Waals surface area contributed by atoms with Gasteiger partial charge in [-0.15, -0.1) is 55.1 Å². The summed E-state index contributed by atoms with van der Waals surface area (Å²) in [5, 5.41) is 0. The molecule has 2 aromatic rings. The summed E-state index contributed by atoms with van der Waals surface area (Å²) >= 11 is 0.333. The van der Waals surface area contributed by atoms with Crippen molar-refractivity contribution in [2.75, 3.05) is 5.43 Å². The van der Waals surface area contributed by atoms with E-state index in [1.807, 2.05) is 48.5 Å². The first kappa shape index (κ1) is 28.6. The second-order valence-corrected chi connectivity index (χ2v) is 3.11. The van der Waals surface area contributed by atoms with E-state index in [1.54, 1.807) is 12.1 Å². The van der Waals surface area contributed by atoms with Crippen LogP contribution in [0.4, 0.5) is 11.4 Å². The van der Waals surface area contributed by atoms with Crippen LogP contribution in [0.3, 0.4) is 0 Å². The number of hydrogen-bond acceptors (Lipinski definition) is 2. The number of rotatable bonds is 3. The number of hydrazine groups is 1. The Balaban J connectivity index is -0.000000231. The number of halogens is 4. The molecule has 0 aliphatic carbocycles. The third-order valence-electron chi connectivity index (χ3n) is 2.00. The zero-order valence-corrected chi connectivity index (χ0v) is 16.8. The first-order chi connectivity index (χ1) is 8.36. The van der Waals surface area contributed by atoms with Gasteiger partial charge in [-0.2, -0.15) is 0 Å². The van der Waals surface area contributed by atoms with Crippen LogP contribution >= 0.6 is 49.6 Å². The molecular formula is C12H15Cl4N2O2W+. The Morgan fingerprint density at radius 3 is 1.52 bits per heavy atom. The maximum absolute atomic E-state index is 11.6. The molecule has 0 bridgehead atoms. The predicted molar refractivity (Wildman–Crippen MR) is 89.5 cm³/mol. The van der Waals surface area contributed by atoms with Gasteiger partial charge in [-0.25, -0.2) is 0 Å². The summed E-state index contributed by atoms with van der Waals surface area (Å²) in [6, 6.07) is 18.4. The van der Waals surface area contributed by atoms with E-state index < -0.39 is 0 Å². The van der Waals surface area contributed by atoms with Gasteiger partial charge in [0, 0.05) is 12.1 Å². The van der Waals surface area contributed by atoms with E-state index >= 15 is 0 Å². The normalized spacial score (nSPS) is 7.05. The number of benzene rings is 2. The average Bonchev–Trinajstić information content (AvgIpc) is 2.43. The second-order valence-electron chi connectivity index (χ2n) is 3.11. The van der Waals surface area contributed by atoms with E-state index in [1.165, 1.54) is 0 Å². The van der Waals surface area contributed by atoms with Gasteiger partial charge in [0.05, 0.1) is 4.91 Å². The van der Waals surface area contributed by atoms with Gasteiger partial charge in [0.15, 0.2) is 4.87 Å². The van der Waals surface area contributed by atoms with Gasteiger partial charge in [0.2, 0.25) is 0 Å². The molecule has 0 radical (unpaired) electrons. The van der Waals surface area contributed by atoms with Crippen molar-refractivity contribution in [3.63, 3.8) is 0 Å². The van der Waals surface area contributed by atoms with Crippen molar-refractivity contribution in [3.05, 3.63) is 65.6 Å². The summed E-state index contributed by atoms with van der Waals surface area (Å²) in [6.45, 7) is 0. The topological polar surface area (TPSA) is 49.2 Å². The van der Waals surface area contributed by atoms with Crippen molar-refractivity contribution < 1.29 is 28.0 Å². The Labute approximate surface area is 159 Å². The molecule has 0 amide bonds. The van der Waals surface area contributed by atoms with Gasteiger partial charge in [0.1, 0.15) is 5.69 Å². The quantitative estimate of drug-likeness (QED) is 0.451. The van der Waals surface area contributed by atoms with E-state index in [9.17, 15) is 4.91 Å². The van der Waals surface area contributed by atoms with E-state index in [4.69, 9.17) is 3.40 Å². The third kappa shape index (κ3) is 10.8. The molecule has 1 N–H and O–H groups in total. The van der Waals surface area contributed by atoms with Gasteiger partial charge < -0.3 is 0 Å². The van der Waals surface area contributed by atoms with Gasteiger partial charge in [-0.05, 0) is 12.1 Å². The molecule has 0 spiro atoms. The van der Waals surface area contributed by atoms with Crippen LogP contribution in [0.25, 0.3) is 0 Å². The molecule has 0 heterocycles. The van der Waals surface area contributed by atoms with Crippen LogP contribution in [0.15, 0.2) is 60.7 Å². The van der Waals surface area contributed by atoms with E-state index in [-0.39, 0.29) is 49.6 Å². The van der Waals surface area contributed by atoms with Gasteiger partial charge in [0.25, 0.3) is 5.69 Å². The molecule has 0 unspecified atom stereocenters. The molecule has 2 rings (SSSR count). The fraction of sp³-hybridized carbons (Fsp3) is 0. The molecule has 118 valence electrons. The molecule has 2 aromatic carbocycles. The zero-order valence-electron chi connectivity index (χ0n) is 10.6. The first-order valence-corrected chi connectivity index (χ1v) is 6.07. The summed E-state index contributed by atoms with van der Waals surface area (Å²) in [5.74, 6) is 0. The molecule has 0 saturated heterocycles. The number of nitroso groups, excluding NO2 is 1. The Morgan fingerprint density at radius 1 is 0.714 bits per heavy atom. The Morgan fingerprint density at radius 2 is 1.10 bits per heavy atom. The molecule has 0 aliphatic heterocycles. The fourth-order valence-electron chi connectivity index (χ4n) is 1.26. The number of para-hydroxylation sites is 2. The van der Waals surface area contributed by atoms with Crippen LogP contribution in [-0.4, -0.2) is 4.87 Å². The van der Waals surface area contributed by atoms with Crippen LogP contribution in [0.2, 0.25) is 0 Å². The van der Waals surface area contributed by atoms with Crippen LogP contribution in [0.5, 0.6) is 0 Å². The Hall–Kier alpha value is -0.512. The number of hydrogen-bond donors (Lipinski definition) is 1. The van der Waals surface area contributed by atoms with Crippen molar-refractivity contribution in [2.24, 2.45) is 0 Å². The monoisotopic (exact) mass is 543 g/mol. The van der Waals surface area contributed by atoms with Gasteiger partial charge in [-0.3, -0.25) is 0 Å². The third-order valence-corrected chi connectivity index (χ3v) is 2.00. The summed E-state index contributed by atoms with van der Waals surface area (Å²) in [5.41, 5.74) is 4.09. The van der Waals surface area contributed by atoms with Crippen molar-refractivity contribution >= 4 is 61.0 Å². The van der Waals surface area contributed by atoms with Crippen molar-refractivity contribution in [2.45, 2.75) is 0 Å². The fourth-order valence-corrected chi connectivity index (χ4v) is 1.26. The van der Waals surface area contributed by atoms with Crippen molar-refractivity contribution in [1.82, 2.24) is 0 Å². The molecule has 21 heavy (non-hydrogen) atoms. The summed E-state index contributed by atoms with van der Waals surface area (Å²) < 4.78 is 8.33. The van der Waals surface area contributed by atoms with E-state index in [0.717, 1.165) is 10.6 Å². The molecule has 9 heteroatoms. The standard InChI is InChI=1S/C12H11N2O.4ClH.O.W/c15-14(12-9-5-2-6-10-12)13-11-7-3-1-4-8-11;;;;;;/h1-10H,(H,13,15);4*1H;;/q+1;;;;;;. The molecule has 4 nitrogen and oxygen atoms in total. The molecule has 0 fully saturated rings. The van der Waals surface area contributed by atoms with Crippen molar-refractivity contribution in [3.8, 4) is 0 Å². The predicted octanol–water partition coefficient (Wildman–Crippen LogP) is 4.69. The summed E-state index contributed by atoms with van der Waals surface area (Å²) in [6.07, 6.45) is 0. The zero-order chi connectivity index (χ0) is 12.5. The molecule has 0 aromatic heterocycles.